The Bertz CT molecular complexity index is 1700. The van der Waals surface area contributed by atoms with Gasteiger partial charge in [-0.25, -0.2) is 9.97 Å². The number of aliphatic carboxylic acids is 1. The van der Waals surface area contributed by atoms with Crippen LogP contribution in [-0.4, -0.2) is 128 Å². The van der Waals surface area contributed by atoms with Crippen LogP contribution in [0.4, 0.5) is 0 Å². The van der Waals surface area contributed by atoms with Crippen molar-refractivity contribution in [2.24, 2.45) is 23.3 Å². The number of carbonyl (C=O) groups is 9. The fourth-order valence-electron chi connectivity index (χ4n) is 5.17. The van der Waals surface area contributed by atoms with E-state index >= 15 is 0 Å². The SMILES string of the molecule is CC(C)CC(NC(=O)C(NC(=O)CNC(=O)C(Cc1cnc[nH]1)NC(=O)C(CC(N)=O)NC(=O)CNC(=O)C(N)Cc1cnc[nH]1)C(C)C)C(=O)NC(C)C(=O)O. The first-order valence-electron chi connectivity index (χ1n) is 18.0. The molecule has 23 heteroatoms. The minimum absolute atomic E-state index is 0.0723. The highest BCUT2D eigenvalue weighted by molar-refractivity contribution is 5.97. The van der Waals surface area contributed by atoms with Gasteiger partial charge in [-0.15, -0.1) is 0 Å². The third kappa shape index (κ3) is 16.9. The van der Waals surface area contributed by atoms with Crippen molar-refractivity contribution >= 4 is 53.2 Å². The number of hydrogen-bond acceptors (Lipinski definition) is 12. The minimum atomic E-state index is -1.58. The average molecular weight is 804 g/mol. The lowest BCUT2D eigenvalue weighted by atomic mass is 9.99. The van der Waals surface area contributed by atoms with E-state index in [1.807, 2.05) is 0 Å². The Morgan fingerprint density at radius 2 is 1.19 bits per heavy atom. The monoisotopic (exact) mass is 803 g/mol. The van der Waals surface area contributed by atoms with Crippen LogP contribution in [0.15, 0.2) is 25.0 Å². The van der Waals surface area contributed by atoms with Crippen molar-refractivity contribution in [3.63, 3.8) is 0 Å². The largest absolute Gasteiger partial charge is 0.480 e. The van der Waals surface area contributed by atoms with Crippen LogP contribution in [0.25, 0.3) is 0 Å². The predicted octanol–water partition coefficient (Wildman–Crippen LogP) is -4.42. The molecule has 0 fully saturated rings. The molecule has 6 atom stereocenters. The molecule has 0 aliphatic carbocycles. The number of primary amides is 1. The predicted molar refractivity (Wildman–Crippen MR) is 200 cm³/mol. The van der Waals surface area contributed by atoms with E-state index in [4.69, 9.17) is 11.5 Å². The van der Waals surface area contributed by atoms with Gasteiger partial charge < -0.3 is 63.8 Å². The first-order valence-corrected chi connectivity index (χ1v) is 18.0. The number of nitrogens with zero attached hydrogens (tertiary/aromatic N) is 2. The molecule has 0 aromatic carbocycles. The maximum Gasteiger partial charge on any atom is 0.325 e. The van der Waals surface area contributed by atoms with E-state index in [9.17, 15) is 48.3 Å². The number of aromatic amines is 2. The summed E-state index contributed by atoms with van der Waals surface area (Å²) in [6, 6.07) is -7.51. The number of nitrogens with one attached hydrogen (secondary N) is 9. The van der Waals surface area contributed by atoms with Crippen molar-refractivity contribution in [3.8, 4) is 0 Å². The van der Waals surface area contributed by atoms with Gasteiger partial charge in [0.05, 0.1) is 38.2 Å². The summed E-state index contributed by atoms with van der Waals surface area (Å²) < 4.78 is 0. The molecule has 6 unspecified atom stereocenters. The molecule has 314 valence electrons. The summed E-state index contributed by atoms with van der Waals surface area (Å²) in [6.07, 6.45) is 5.01. The van der Waals surface area contributed by atoms with Gasteiger partial charge in [0.1, 0.15) is 30.2 Å². The van der Waals surface area contributed by atoms with Gasteiger partial charge in [-0.1, -0.05) is 27.7 Å². The summed E-state index contributed by atoms with van der Waals surface area (Å²) in [5.74, 6) is -8.48. The molecular formula is C34H53N13O10. The summed E-state index contributed by atoms with van der Waals surface area (Å²) in [4.78, 5) is 127. The van der Waals surface area contributed by atoms with Crippen LogP contribution < -0.4 is 48.7 Å². The number of carboxylic acids is 1. The normalized spacial score (nSPS) is 14.2. The van der Waals surface area contributed by atoms with Crippen LogP contribution in [0, 0.1) is 11.8 Å². The molecule has 14 N–H and O–H groups in total. The zero-order valence-electron chi connectivity index (χ0n) is 32.3. The van der Waals surface area contributed by atoms with E-state index < -0.39 is 115 Å². The van der Waals surface area contributed by atoms with Crippen LogP contribution in [0.3, 0.4) is 0 Å². The van der Waals surface area contributed by atoms with Gasteiger partial charge in [-0.2, -0.15) is 0 Å². The molecule has 2 aromatic rings. The fourth-order valence-corrected chi connectivity index (χ4v) is 5.17. The Hall–Kier alpha value is -6.39. The summed E-state index contributed by atoms with van der Waals surface area (Å²) in [6.45, 7) is 6.87. The van der Waals surface area contributed by atoms with Gasteiger partial charge >= 0.3 is 5.97 Å². The standard InChI is InChI=1S/C34H53N13O10/c1-16(2)6-22(31(53)43-18(5)34(56)57)46-33(55)28(17(3)4)47-27(50)13-40-30(52)23(8-20-11-38-15-42-20)45-32(54)24(9-25(36)48)44-26(49)12-39-29(51)21(35)7-19-10-37-14-41-19/h10-11,14-18,21-24,28H,6-9,12-13,35H2,1-5H3,(H2,36,48)(H,37,41)(H,38,42)(H,39,51)(H,40,52)(H,43,53)(H,44,49)(H,45,54)(H,46,55)(H,47,50)(H,56,57). The van der Waals surface area contributed by atoms with Crippen LogP contribution in [0.2, 0.25) is 0 Å². The van der Waals surface area contributed by atoms with E-state index in [-0.39, 0.29) is 25.2 Å². The second kappa shape index (κ2) is 22.9. The Morgan fingerprint density at radius 1 is 0.667 bits per heavy atom. The molecule has 23 nitrogen and oxygen atoms in total. The maximum atomic E-state index is 13.4. The van der Waals surface area contributed by atoms with Crippen molar-refractivity contribution < 1.29 is 48.3 Å². The Balaban J connectivity index is 2.09. The minimum Gasteiger partial charge on any atom is -0.480 e. The molecule has 57 heavy (non-hydrogen) atoms. The second-order valence-electron chi connectivity index (χ2n) is 14.0. The van der Waals surface area contributed by atoms with Crippen LogP contribution in [-0.2, 0) is 56.0 Å². The molecule has 8 amide bonds. The van der Waals surface area contributed by atoms with E-state index in [1.54, 1.807) is 27.7 Å². The van der Waals surface area contributed by atoms with Gasteiger partial charge in [0.15, 0.2) is 0 Å². The van der Waals surface area contributed by atoms with E-state index in [1.165, 1.54) is 32.0 Å². The Kier molecular flexibility index (Phi) is 18.8. The number of H-pyrrole nitrogens is 2. The number of hydrogen-bond donors (Lipinski definition) is 12. The van der Waals surface area contributed by atoms with Crippen molar-refractivity contribution in [2.75, 3.05) is 13.1 Å². The fraction of sp³-hybridized carbons (Fsp3) is 0.559. The maximum absolute atomic E-state index is 13.4. The van der Waals surface area contributed by atoms with Crippen molar-refractivity contribution in [1.29, 1.82) is 0 Å². The van der Waals surface area contributed by atoms with Gasteiger partial charge in [0, 0.05) is 36.6 Å². The summed E-state index contributed by atoms with van der Waals surface area (Å²) >= 11 is 0. The lowest BCUT2D eigenvalue weighted by molar-refractivity contribution is -0.142. The highest BCUT2D eigenvalue weighted by atomic mass is 16.4. The molecule has 0 spiro atoms. The first-order chi connectivity index (χ1) is 26.8. The zero-order valence-corrected chi connectivity index (χ0v) is 32.3. The number of carboxylic acid groups (broad SMARTS) is 1. The topological polar surface area (TPSA) is 367 Å². The quantitative estimate of drug-likeness (QED) is 0.0478. The van der Waals surface area contributed by atoms with E-state index in [0.717, 1.165) is 0 Å². The molecule has 0 radical (unpaired) electrons. The van der Waals surface area contributed by atoms with Crippen molar-refractivity contribution in [1.82, 2.24) is 57.2 Å². The van der Waals surface area contributed by atoms with Gasteiger partial charge in [-0.05, 0) is 25.2 Å². The van der Waals surface area contributed by atoms with Gasteiger partial charge in [0.25, 0.3) is 0 Å². The van der Waals surface area contributed by atoms with E-state index in [0.29, 0.717) is 11.4 Å². The van der Waals surface area contributed by atoms with Crippen LogP contribution in [0.1, 0.15) is 58.8 Å². The molecule has 0 saturated heterocycles. The van der Waals surface area contributed by atoms with Gasteiger partial charge in [0.2, 0.25) is 47.3 Å². The smallest absolute Gasteiger partial charge is 0.325 e. The molecule has 2 aromatic heterocycles. The highest BCUT2D eigenvalue weighted by Gasteiger charge is 2.32. The third-order valence-electron chi connectivity index (χ3n) is 8.18. The molecule has 2 heterocycles. The van der Waals surface area contributed by atoms with Crippen molar-refractivity contribution in [3.05, 3.63) is 36.4 Å². The molecule has 0 aliphatic rings. The lowest BCUT2D eigenvalue weighted by Gasteiger charge is -2.27. The summed E-state index contributed by atoms with van der Waals surface area (Å²) in [5, 5.41) is 26.0. The lowest BCUT2D eigenvalue weighted by Crippen LogP contribution is -2.58. The summed E-state index contributed by atoms with van der Waals surface area (Å²) in [5.41, 5.74) is 12.2. The number of imidazole rings is 2. The molecular weight excluding hydrogens is 750 g/mol. The number of aromatic nitrogens is 4. The number of nitrogens with two attached hydrogens (primary N) is 2. The summed E-state index contributed by atoms with van der Waals surface area (Å²) in [7, 11) is 0. The second-order valence-corrected chi connectivity index (χ2v) is 14.0. The van der Waals surface area contributed by atoms with Crippen LogP contribution in [0.5, 0.6) is 0 Å². The Morgan fingerprint density at radius 3 is 1.70 bits per heavy atom. The average Bonchev–Trinajstić information content (AvgIpc) is 3.85. The zero-order chi connectivity index (χ0) is 42.8. The number of amides is 8. The third-order valence-corrected chi connectivity index (χ3v) is 8.18. The molecule has 0 aliphatic heterocycles. The Labute approximate surface area is 327 Å². The number of carbonyl (C=O) groups excluding carboxylic acids is 8. The molecule has 0 saturated carbocycles. The van der Waals surface area contributed by atoms with Crippen LogP contribution >= 0.6 is 0 Å². The number of rotatable bonds is 24. The first kappa shape index (κ1) is 46.8. The highest BCUT2D eigenvalue weighted by Crippen LogP contribution is 2.09. The molecule has 0 bridgehead atoms. The molecule has 2 rings (SSSR count). The van der Waals surface area contributed by atoms with Gasteiger partial charge in [-0.3, -0.25) is 43.2 Å². The van der Waals surface area contributed by atoms with Crippen molar-refractivity contribution in [2.45, 2.75) is 96.6 Å². The van der Waals surface area contributed by atoms with E-state index in [2.05, 4.69) is 57.2 Å².